The average Bonchev–Trinajstić information content (AvgIpc) is 3.50. The van der Waals surface area contributed by atoms with Crippen LogP contribution in [0.2, 0.25) is 0 Å². The largest absolute Gasteiger partial charge is 0.444 e. The minimum absolute atomic E-state index is 0.0289. The van der Waals surface area contributed by atoms with E-state index in [0.29, 0.717) is 59.3 Å². The van der Waals surface area contributed by atoms with Crippen LogP contribution in [-0.2, 0) is 10.9 Å². The van der Waals surface area contributed by atoms with E-state index in [2.05, 4.69) is 32.4 Å². The van der Waals surface area contributed by atoms with Crippen LogP contribution in [0.3, 0.4) is 0 Å². The zero-order chi connectivity index (χ0) is 33.8. The van der Waals surface area contributed by atoms with Gasteiger partial charge in [0.2, 0.25) is 0 Å². The van der Waals surface area contributed by atoms with Crippen LogP contribution >= 0.6 is 0 Å². The predicted octanol–water partition coefficient (Wildman–Crippen LogP) is 7.18. The number of amides is 3. The molecule has 1 aliphatic heterocycles. The molecule has 0 aliphatic carbocycles. The number of benzene rings is 2. The predicted molar refractivity (Wildman–Crippen MR) is 172 cm³/mol. The van der Waals surface area contributed by atoms with Crippen molar-refractivity contribution in [3.05, 3.63) is 78.3 Å². The summed E-state index contributed by atoms with van der Waals surface area (Å²) >= 11 is 0. The number of carbonyl (C=O) groups excluding carboxylic acids is 2. The van der Waals surface area contributed by atoms with Crippen molar-refractivity contribution < 1.29 is 31.9 Å². The Bertz CT molecular complexity index is 1820. The summed E-state index contributed by atoms with van der Waals surface area (Å²) < 4.78 is 51.0. The van der Waals surface area contributed by atoms with E-state index in [-0.39, 0.29) is 12.1 Å². The number of alkyl halides is 3. The number of alkyl carbamates (subject to hydrolysis) is 1. The first kappa shape index (κ1) is 32.9. The number of aromatic nitrogens is 2. The molecule has 3 amide bonds. The van der Waals surface area contributed by atoms with Crippen molar-refractivity contribution in [2.75, 3.05) is 41.8 Å². The van der Waals surface area contributed by atoms with Gasteiger partial charge in [-0.05, 0) is 69.7 Å². The summed E-state index contributed by atoms with van der Waals surface area (Å²) in [4.78, 5) is 37.9. The smallest absolute Gasteiger partial charge is 0.416 e. The molecular formula is C34H33F3N6O4. The van der Waals surface area contributed by atoms with E-state index >= 15 is 0 Å². The van der Waals surface area contributed by atoms with Crippen LogP contribution in [0.25, 0.3) is 22.6 Å². The molecule has 0 saturated carbocycles. The van der Waals surface area contributed by atoms with Crippen molar-refractivity contribution in [1.29, 1.82) is 0 Å². The van der Waals surface area contributed by atoms with E-state index in [4.69, 9.17) is 9.15 Å². The minimum atomic E-state index is -4.51. The van der Waals surface area contributed by atoms with Crippen LogP contribution in [0, 0.1) is 11.8 Å². The van der Waals surface area contributed by atoms with Crippen molar-refractivity contribution in [3.63, 3.8) is 0 Å². The molecule has 2 aromatic carbocycles. The lowest BCUT2D eigenvalue weighted by molar-refractivity contribution is -0.137. The molecule has 13 heteroatoms. The Balaban J connectivity index is 1.43. The number of pyridine rings is 1. The second kappa shape index (κ2) is 13.5. The highest BCUT2D eigenvalue weighted by atomic mass is 19.4. The minimum Gasteiger partial charge on any atom is -0.444 e. The number of ether oxygens (including phenoxy) is 1. The number of urea groups is 1. The number of hydrogen-bond donors (Lipinski definition) is 2. The first-order valence-electron chi connectivity index (χ1n) is 14.7. The molecule has 244 valence electrons. The summed E-state index contributed by atoms with van der Waals surface area (Å²) in [5.74, 6) is 6.63. The van der Waals surface area contributed by atoms with Gasteiger partial charge in [0.15, 0.2) is 18.0 Å². The highest BCUT2D eigenvalue weighted by Crippen LogP contribution is 2.36. The molecule has 5 rings (SSSR count). The molecule has 0 spiro atoms. The zero-order valence-electron chi connectivity index (χ0n) is 26.2. The lowest BCUT2D eigenvalue weighted by Crippen LogP contribution is -2.36. The highest BCUT2D eigenvalue weighted by molar-refractivity contribution is 6.03. The molecule has 2 aromatic heterocycles. The maximum absolute atomic E-state index is 13.9. The third-order valence-electron chi connectivity index (χ3n) is 6.98. The third-order valence-corrected chi connectivity index (χ3v) is 6.98. The van der Waals surface area contributed by atoms with Crippen LogP contribution in [0.4, 0.5) is 40.0 Å². The van der Waals surface area contributed by atoms with Gasteiger partial charge in [0.25, 0.3) is 0 Å². The van der Waals surface area contributed by atoms with Gasteiger partial charge in [-0.15, -0.1) is 0 Å². The molecule has 0 unspecified atom stereocenters. The summed E-state index contributed by atoms with van der Waals surface area (Å²) in [5.41, 5.74) is 1.34. The Morgan fingerprint density at radius 2 is 1.85 bits per heavy atom. The second-order valence-corrected chi connectivity index (χ2v) is 11.8. The van der Waals surface area contributed by atoms with Gasteiger partial charge in [-0.1, -0.05) is 24.0 Å². The monoisotopic (exact) mass is 646 g/mol. The topological polar surface area (TPSA) is 113 Å². The van der Waals surface area contributed by atoms with E-state index < -0.39 is 29.5 Å². The molecule has 0 atom stereocenters. The molecule has 10 nitrogen and oxygen atoms in total. The number of carbonyl (C=O) groups is 2. The normalized spacial score (nSPS) is 13.2. The number of oxazole rings is 1. The van der Waals surface area contributed by atoms with Crippen molar-refractivity contribution in [2.45, 2.75) is 39.0 Å². The Morgan fingerprint density at radius 3 is 2.57 bits per heavy atom. The number of hydrogen-bond acceptors (Lipinski definition) is 7. The maximum Gasteiger partial charge on any atom is 0.416 e. The fraction of sp³-hybridized carbons (Fsp3) is 0.294. The summed E-state index contributed by atoms with van der Waals surface area (Å²) in [6.45, 7) is 6.26. The fourth-order valence-corrected chi connectivity index (χ4v) is 4.88. The molecule has 4 aromatic rings. The Kier molecular flexibility index (Phi) is 9.41. The molecule has 2 N–H and O–H groups in total. The molecule has 47 heavy (non-hydrogen) atoms. The summed E-state index contributed by atoms with van der Waals surface area (Å²) in [7, 11) is 1.87. The van der Waals surface area contributed by atoms with Gasteiger partial charge in [-0.25, -0.2) is 19.6 Å². The quantitative estimate of drug-likeness (QED) is 0.226. The Morgan fingerprint density at radius 1 is 1.04 bits per heavy atom. The van der Waals surface area contributed by atoms with Crippen molar-refractivity contribution >= 4 is 29.3 Å². The number of rotatable bonds is 4. The Hall–Kier alpha value is -5.51. The zero-order valence-corrected chi connectivity index (χ0v) is 26.2. The molecule has 3 heterocycles. The molecule has 0 radical (unpaired) electrons. The van der Waals surface area contributed by atoms with E-state index in [1.807, 2.05) is 11.9 Å². The van der Waals surface area contributed by atoms with Gasteiger partial charge in [-0.2, -0.15) is 13.2 Å². The van der Waals surface area contributed by atoms with Crippen molar-refractivity contribution in [3.8, 4) is 34.4 Å². The number of nitrogens with zero attached hydrogens (tertiary/aromatic N) is 4. The number of fused-ring (bicyclic) bond motifs is 1. The van der Waals surface area contributed by atoms with Crippen molar-refractivity contribution in [1.82, 2.24) is 15.3 Å². The SMILES string of the molecule is CN1CCCN(C(=O)Nc2cc(C#CCNC(=O)OC(C)(C)C)cc(-c3cnco3)c2)c2nc(-c3cccc(C(F)(F)F)c3)ccc21. The number of halogens is 3. The summed E-state index contributed by atoms with van der Waals surface area (Å²) in [6, 6.07) is 13.0. The van der Waals surface area contributed by atoms with Gasteiger partial charge in [0.1, 0.15) is 5.60 Å². The van der Waals surface area contributed by atoms with Gasteiger partial charge in [0, 0.05) is 42.5 Å². The third kappa shape index (κ3) is 8.40. The van der Waals surface area contributed by atoms with Gasteiger partial charge < -0.3 is 24.7 Å². The van der Waals surface area contributed by atoms with Gasteiger partial charge >= 0.3 is 18.3 Å². The molecule has 0 fully saturated rings. The van der Waals surface area contributed by atoms with Crippen LogP contribution in [0.1, 0.15) is 38.3 Å². The van der Waals surface area contributed by atoms with Crippen LogP contribution in [0.15, 0.2) is 71.6 Å². The number of anilines is 3. The molecule has 0 bridgehead atoms. The van der Waals surface area contributed by atoms with E-state index in [9.17, 15) is 22.8 Å². The number of nitrogens with one attached hydrogen (secondary N) is 2. The van der Waals surface area contributed by atoms with E-state index in [1.165, 1.54) is 23.6 Å². The van der Waals surface area contributed by atoms with E-state index in [1.54, 1.807) is 57.2 Å². The molecule has 0 saturated heterocycles. The second-order valence-electron chi connectivity index (χ2n) is 11.8. The highest BCUT2D eigenvalue weighted by Gasteiger charge is 2.31. The fourth-order valence-electron chi connectivity index (χ4n) is 4.88. The van der Waals surface area contributed by atoms with Crippen LogP contribution in [0.5, 0.6) is 0 Å². The standard InChI is InChI=1S/C34H33F3N6O4/c1-33(2,3)47-32(45)39-13-6-8-22-16-24(29-20-38-21-46-29)19-26(17-22)40-31(44)43-15-7-14-42(4)28-12-11-27(41-30(28)43)23-9-5-10-25(18-23)34(35,36)37/h5,9-12,16-21H,7,13-15H2,1-4H3,(H,39,45)(H,40,44). The van der Waals surface area contributed by atoms with Crippen molar-refractivity contribution in [2.24, 2.45) is 0 Å². The van der Waals surface area contributed by atoms with E-state index in [0.717, 1.165) is 12.1 Å². The lowest BCUT2D eigenvalue weighted by Gasteiger charge is -2.24. The maximum atomic E-state index is 13.9. The average molecular weight is 647 g/mol. The lowest BCUT2D eigenvalue weighted by atomic mass is 10.1. The summed E-state index contributed by atoms with van der Waals surface area (Å²) in [5, 5.41) is 5.50. The summed E-state index contributed by atoms with van der Waals surface area (Å²) in [6.07, 6.45) is -1.66. The molecule has 1 aliphatic rings. The first-order valence-corrected chi connectivity index (χ1v) is 14.7. The van der Waals surface area contributed by atoms with Gasteiger partial charge in [0.05, 0.1) is 29.7 Å². The molecular weight excluding hydrogens is 613 g/mol. The van der Waals surface area contributed by atoms with Crippen LogP contribution in [-0.4, -0.2) is 54.4 Å². The Labute approximate surface area is 269 Å². The van der Waals surface area contributed by atoms with Crippen LogP contribution < -0.4 is 20.4 Å². The van der Waals surface area contributed by atoms with Gasteiger partial charge in [-0.3, -0.25) is 4.90 Å². The first-order chi connectivity index (χ1) is 22.3.